The predicted octanol–water partition coefficient (Wildman–Crippen LogP) is -0.495. The van der Waals surface area contributed by atoms with Crippen LogP contribution >= 0.6 is 11.8 Å². The Morgan fingerprint density at radius 1 is 1.30 bits per heavy atom. The van der Waals surface area contributed by atoms with Crippen molar-refractivity contribution in [3.05, 3.63) is 63.3 Å². The fourth-order valence-corrected chi connectivity index (χ4v) is 4.06. The van der Waals surface area contributed by atoms with Gasteiger partial charge in [0.05, 0.1) is 23.4 Å². The fraction of sp³-hybridized carbons (Fsp3) is 0.316. The normalized spacial score (nSPS) is 25.5. The minimum Gasteiger partial charge on any atom is -0.397 e. The van der Waals surface area contributed by atoms with E-state index in [2.05, 4.69) is 15.5 Å². The molecule has 10 nitrogen and oxygen atoms in total. The van der Waals surface area contributed by atoms with Crippen LogP contribution < -0.4 is 16.5 Å². The monoisotopic (exact) mass is 485 g/mol. The second-order valence-electron chi connectivity index (χ2n) is 6.93. The van der Waals surface area contributed by atoms with E-state index in [1.165, 1.54) is 0 Å². The molecule has 3 rings (SSSR count). The number of aliphatic hydroxyl groups excluding tert-OH is 3. The molecular weight excluding hydrogens is 467 g/mol. The molecule has 0 amide bonds. The topological polar surface area (TPSA) is 178 Å². The molecule has 7 N–H and O–H groups in total. The lowest BCUT2D eigenvalue weighted by atomic mass is 9.97. The van der Waals surface area contributed by atoms with E-state index in [1.807, 2.05) is 0 Å². The average molecular weight is 485 g/mol. The summed E-state index contributed by atoms with van der Waals surface area (Å²) in [5, 5.41) is 48.3. The third-order valence-corrected chi connectivity index (χ3v) is 5.84. The minimum absolute atomic E-state index is 0.141. The van der Waals surface area contributed by atoms with Gasteiger partial charge >= 0.3 is 0 Å². The highest BCUT2D eigenvalue weighted by Gasteiger charge is 2.44. The summed E-state index contributed by atoms with van der Waals surface area (Å²) in [5.74, 6) is -4.56. The molecule has 2 heterocycles. The summed E-state index contributed by atoms with van der Waals surface area (Å²) in [7, 11) is 0. The molecule has 5 unspecified atom stereocenters. The summed E-state index contributed by atoms with van der Waals surface area (Å²) in [6.45, 7) is -0.626. The Balaban J connectivity index is 1.81. The van der Waals surface area contributed by atoms with Gasteiger partial charge in [-0.15, -0.1) is 0 Å². The first-order chi connectivity index (χ1) is 15.7. The van der Waals surface area contributed by atoms with Gasteiger partial charge in [-0.3, -0.25) is 9.89 Å². The van der Waals surface area contributed by atoms with Gasteiger partial charge in [0.15, 0.2) is 17.5 Å². The molecule has 2 aromatic rings. The molecule has 1 aliphatic heterocycles. The summed E-state index contributed by atoms with van der Waals surface area (Å²) in [5.41, 5.74) is 3.21. The molecule has 0 aliphatic carbocycles. The number of hydrogen-bond acceptors (Lipinski definition) is 10. The van der Waals surface area contributed by atoms with E-state index >= 15 is 0 Å². The SMILES string of the molecule is N#Cc1n[nH]c(SC2OC(CO)C(O)C(N/C=C(\N)c3cc(F)c(F)c(F)c3)C2O)cc1=O. The van der Waals surface area contributed by atoms with Gasteiger partial charge < -0.3 is 31.1 Å². The zero-order valence-corrected chi connectivity index (χ0v) is 17.4. The van der Waals surface area contributed by atoms with Gasteiger partial charge in [-0.1, -0.05) is 11.8 Å². The number of halogens is 3. The molecule has 33 heavy (non-hydrogen) atoms. The number of nitrogens with two attached hydrogens (primary N) is 1. The van der Waals surface area contributed by atoms with Crippen molar-refractivity contribution in [2.24, 2.45) is 5.73 Å². The standard InChI is InChI=1S/C19H18F3N5O5S/c20-8-1-7(2-9(21)15(8)22)10(24)5-25-16-17(30)13(6-28)32-19(18(16)31)33-14-3-12(29)11(4-23)26-27-14/h1-3,5,13,16-19,25,28,30-31H,6,24H2,(H,27,29)/b10-5-. The van der Waals surface area contributed by atoms with Crippen molar-refractivity contribution in [2.45, 2.75) is 34.8 Å². The zero-order valence-electron chi connectivity index (χ0n) is 16.6. The van der Waals surface area contributed by atoms with Crippen LogP contribution in [0.4, 0.5) is 13.2 Å². The highest BCUT2D eigenvalue weighted by atomic mass is 32.2. The summed E-state index contributed by atoms with van der Waals surface area (Å²) in [6.07, 6.45) is -2.99. The van der Waals surface area contributed by atoms with Crippen LogP contribution in [0.15, 0.2) is 34.2 Å². The number of nitriles is 1. The number of benzene rings is 1. The molecule has 0 saturated carbocycles. The van der Waals surface area contributed by atoms with Crippen LogP contribution in [0.2, 0.25) is 0 Å². The summed E-state index contributed by atoms with van der Waals surface area (Å²) in [6, 6.07) is 2.85. The van der Waals surface area contributed by atoms with E-state index in [1.54, 1.807) is 6.07 Å². The first-order valence-electron chi connectivity index (χ1n) is 9.31. The number of nitrogens with one attached hydrogen (secondary N) is 2. The smallest absolute Gasteiger partial charge is 0.219 e. The maximum atomic E-state index is 13.5. The van der Waals surface area contributed by atoms with Crippen molar-refractivity contribution in [1.29, 1.82) is 5.26 Å². The number of hydrogen-bond donors (Lipinski definition) is 6. The van der Waals surface area contributed by atoms with Crippen LogP contribution in [0.3, 0.4) is 0 Å². The largest absolute Gasteiger partial charge is 0.397 e. The van der Waals surface area contributed by atoms with Gasteiger partial charge in [0.1, 0.15) is 29.8 Å². The van der Waals surface area contributed by atoms with Crippen LogP contribution in [-0.2, 0) is 4.74 Å². The highest BCUT2D eigenvalue weighted by Crippen LogP contribution is 2.32. The number of nitrogens with zero attached hydrogens (tertiary/aromatic N) is 2. The lowest BCUT2D eigenvalue weighted by molar-refractivity contribution is -0.164. The number of aromatic nitrogens is 2. The summed E-state index contributed by atoms with van der Waals surface area (Å²) >= 11 is 0.812. The summed E-state index contributed by atoms with van der Waals surface area (Å²) in [4.78, 5) is 11.8. The molecule has 0 spiro atoms. The third kappa shape index (κ3) is 5.29. The fourth-order valence-electron chi connectivity index (χ4n) is 3.02. The molecule has 0 radical (unpaired) electrons. The van der Waals surface area contributed by atoms with Crippen LogP contribution in [0.25, 0.3) is 5.70 Å². The quantitative estimate of drug-likeness (QED) is 0.293. The van der Waals surface area contributed by atoms with Gasteiger partial charge in [-0.05, 0) is 12.1 Å². The number of aliphatic hydroxyl groups is 3. The van der Waals surface area contributed by atoms with Gasteiger partial charge in [0, 0.05) is 17.8 Å². The average Bonchev–Trinajstić information content (AvgIpc) is 2.78. The van der Waals surface area contributed by atoms with Crippen LogP contribution in [-0.4, -0.2) is 61.9 Å². The van der Waals surface area contributed by atoms with Crippen molar-refractivity contribution in [3.8, 4) is 6.07 Å². The van der Waals surface area contributed by atoms with E-state index in [-0.39, 0.29) is 22.0 Å². The molecule has 1 aromatic heterocycles. The van der Waals surface area contributed by atoms with Crippen LogP contribution in [0.1, 0.15) is 11.3 Å². The van der Waals surface area contributed by atoms with E-state index in [9.17, 15) is 33.3 Å². The lowest BCUT2D eigenvalue weighted by Gasteiger charge is -2.42. The number of rotatable bonds is 6. The van der Waals surface area contributed by atoms with Crippen LogP contribution in [0, 0.1) is 28.8 Å². The Hall–Kier alpha value is -3.09. The molecule has 176 valence electrons. The maximum Gasteiger partial charge on any atom is 0.219 e. The van der Waals surface area contributed by atoms with E-state index < -0.39 is 59.3 Å². The summed E-state index contributed by atoms with van der Waals surface area (Å²) < 4.78 is 45.6. The molecule has 14 heteroatoms. The molecule has 0 bridgehead atoms. The van der Waals surface area contributed by atoms with E-state index in [0.29, 0.717) is 12.1 Å². The maximum absolute atomic E-state index is 13.5. The Morgan fingerprint density at radius 2 is 1.97 bits per heavy atom. The number of thioether (sulfide) groups is 1. The first-order valence-corrected chi connectivity index (χ1v) is 10.2. The predicted molar refractivity (Wildman–Crippen MR) is 109 cm³/mol. The molecule has 1 aromatic carbocycles. The second-order valence-corrected chi connectivity index (χ2v) is 8.07. The van der Waals surface area contributed by atoms with Crippen molar-refractivity contribution >= 4 is 17.5 Å². The third-order valence-electron chi connectivity index (χ3n) is 4.76. The Morgan fingerprint density at radius 3 is 2.55 bits per heavy atom. The molecular formula is C19H18F3N5O5S. The minimum atomic E-state index is -1.66. The Bertz CT molecular complexity index is 1130. The molecule has 5 atom stereocenters. The molecule has 1 saturated heterocycles. The van der Waals surface area contributed by atoms with Crippen molar-refractivity contribution in [3.63, 3.8) is 0 Å². The molecule has 1 aliphatic rings. The van der Waals surface area contributed by atoms with Crippen molar-refractivity contribution < 1.29 is 33.2 Å². The van der Waals surface area contributed by atoms with E-state index in [0.717, 1.165) is 24.0 Å². The van der Waals surface area contributed by atoms with E-state index in [4.69, 9.17) is 15.7 Å². The number of ether oxygens (including phenoxy) is 1. The number of H-pyrrole nitrogens is 1. The van der Waals surface area contributed by atoms with Crippen molar-refractivity contribution in [2.75, 3.05) is 6.61 Å². The van der Waals surface area contributed by atoms with Crippen molar-refractivity contribution in [1.82, 2.24) is 15.5 Å². The Labute approximate surface area is 188 Å². The lowest BCUT2D eigenvalue weighted by Crippen LogP contribution is -2.62. The van der Waals surface area contributed by atoms with Gasteiger partial charge in [0.25, 0.3) is 0 Å². The second kappa shape index (κ2) is 10.2. The van der Waals surface area contributed by atoms with Gasteiger partial charge in [-0.25, -0.2) is 13.2 Å². The number of aromatic amines is 1. The van der Waals surface area contributed by atoms with Gasteiger partial charge in [0.2, 0.25) is 11.1 Å². The zero-order chi connectivity index (χ0) is 24.3. The van der Waals surface area contributed by atoms with Crippen LogP contribution in [0.5, 0.6) is 0 Å². The Kier molecular flexibility index (Phi) is 7.61. The molecule has 1 fully saturated rings. The first kappa shape index (κ1) is 24.6. The van der Waals surface area contributed by atoms with Gasteiger partial charge in [-0.2, -0.15) is 10.4 Å². The highest BCUT2D eigenvalue weighted by molar-refractivity contribution is 7.99.